The van der Waals surface area contributed by atoms with E-state index >= 15 is 0 Å². The average Bonchev–Trinajstić information content (AvgIpc) is 3.03. The van der Waals surface area contributed by atoms with E-state index in [0.717, 1.165) is 28.5 Å². The number of hydrogen-bond acceptors (Lipinski definition) is 3. The molecule has 0 aliphatic carbocycles. The third kappa shape index (κ3) is 3.44. The first-order valence-corrected chi connectivity index (χ1v) is 8.37. The number of amides is 2. The Hall–Kier alpha value is -2.60. The molecule has 1 atom stereocenters. The molecular formula is C19H23N3O3. The maximum atomic E-state index is 12.1. The van der Waals surface area contributed by atoms with Gasteiger partial charge in [-0.2, -0.15) is 0 Å². The summed E-state index contributed by atoms with van der Waals surface area (Å²) in [7, 11) is 3.44. The van der Waals surface area contributed by atoms with Gasteiger partial charge in [-0.1, -0.05) is 18.2 Å². The predicted octanol–water partition coefficient (Wildman–Crippen LogP) is 1.87. The maximum Gasteiger partial charge on any atom is 0.269 e. The Kier molecular flexibility index (Phi) is 4.63. The normalized spacial score (nSPS) is 15.8. The Morgan fingerprint density at radius 1 is 1.28 bits per heavy atom. The largest absolute Gasteiger partial charge is 0.384 e. The van der Waals surface area contributed by atoms with Crippen molar-refractivity contribution in [3.8, 4) is 0 Å². The first-order valence-electron chi connectivity index (χ1n) is 8.37. The molecule has 0 saturated carbocycles. The number of aromatic nitrogens is 1. The summed E-state index contributed by atoms with van der Waals surface area (Å²) < 4.78 is 0. The van der Waals surface area contributed by atoms with E-state index in [2.05, 4.69) is 11.1 Å². The second kappa shape index (κ2) is 6.72. The van der Waals surface area contributed by atoms with Crippen LogP contribution in [0.1, 0.15) is 29.4 Å². The molecule has 6 nitrogen and oxygen atoms in total. The number of nitrogens with zero attached hydrogens (tertiary/aromatic N) is 2. The smallest absolute Gasteiger partial charge is 0.269 e. The standard InChI is InChI=1S/C19H23N3O3/c1-12(23)18(24)22-8-4-5-15(11-22)13-6-7-14-10-17(19(25)21(2)3)20-16(14)9-13/h5-7,9-10,12,20,23H,4,8,11H2,1-3H3/t12-/m1/s1. The molecule has 2 N–H and O–H groups in total. The number of carbonyl (C=O) groups excluding carboxylic acids is 2. The Bertz CT molecular complexity index is 849. The summed E-state index contributed by atoms with van der Waals surface area (Å²) in [4.78, 5) is 30.5. The van der Waals surface area contributed by atoms with Gasteiger partial charge in [0, 0.05) is 38.1 Å². The van der Waals surface area contributed by atoms with Crippen LogP contribution in [0.5, 0.6) is 0 Å². The van der Waals surface area contributed by atoms with E-state index in [4.69, 9.17) is 0 Å². The van der Waals surface area contributed by atoms with E-state index in [-0.39, 0.29) is 11.8 Å². The number of benzene rings is 1. The van der Waals surface area contributed by atoms with Crippen molar-refractivity contribution in [3.63, 3.8) is 0 Å². The topological polar surface area (TPSA) is 76.6 Å². The van der Waals surface area contributed by atoms with Crippen LogP contribution in [-0.2, 0) is 4.79 Å². The summed E-state index contributed by atoms with van der Waals surface area (Å²) in [5.41, 5.74) is 3.52. The van der Waals surface area contributed by atoms with Crippen LogP contribution in [-0.4, -0.2) is 65.0 Å². The summed E-state index contributed by atoms with van der Waals surface area (Å²) in [5, 5.41) is 10.5. The lowest BCUT2D eigenvalue weighted by molar-refractivity contribution is -0.138. The SMILES string of the molecule is C[C@@H](O)C(=O)N1CCC=C(c2ccc3cc(C(=O)N(C)C)[nH]c3c2)C1. The van der Waals surface area contributed by atoms with Crippen LogP contribution < -0.4 is 0 Å². The molecule has 1 aromatic carbocycles. The van der Waals surface area contributed by atoms with Gasteiger partial charge in [-0.3, -0.25) is 9.59 Å². The summed E-state index contributed by atoms with van der Waals surface area (Å²) in [6.45, 7) is 2.60. The molecule has 0 unspecified atom stereocenters. The molecule has 2 amide bonds. The monoisotopic (exact) mass is 341 g/mol. The highest BCUT2D eigenvalue weighted by molar-refractivity contribution is 5.98. The van der Waals surface area contributed by atoms with Crippen molar-refractivity contribution in [2.75, 3.05) is 27.2 Å². The van der Waals surface area contributed by atoms with Crippen LogP contribution in [0.2, 0.25) is 0 Å². The Labute approximate surface area is 146 Å². The van der Waals surface area contributed by atoms with Gasteiger partial charge in [-0.25, -0.2) is 0 Å². The molecule has 0 bridgehead atoms. The van der Waals surface area contributed by atoms with Gasteiger partial charge in [0.1, 0.15) is 11.8 Å². The molecule has 3 rings (SSSR count). The van der Waals surface area contributed by atoms with E-state index in [0.29, 0.717) is 18.8 Å². The van der Waals surface area contributed by atoms with E-state index < -0.39 is 6.10 Å². The summed E-state index contributed by atoms with van der Waals surface area (Å²) in [6, 6.07) is 7.83. The van der Waals surface area contributed by atoms with Crippen molar-refractivity contribution in [1.29, 1.82) is 0 Å². The fraction of sp³-hybridized carbons (Fsp3) is 0.368. The number of aliphatic hydroxyl groups is 1. The molecule has 1 aromatic heterocycles. The van der Waals surface area contributed by atoms with Crippen LogP contribution in [0.25, 0.3) is 16.5 Å². The zero-order valence-electron chi connectivity index (χ0n) is 14.7. The number of H-pyrrole nitrogens is 1. The predicted molar refractivity (Wildman–Crippen MR) is 97.2 cm³/mol. The molecule has 2 aromatic rings. The molecule has 0 saturated heterocycles. The van der Waals surface area contributed by atoms with Crippen molar-refractivity contribution in [2.24, 2.45) is 0 Å². The van der Waals surface area contributed by atoms with Gasteiger partial charge in [-0.05, 0) is 36.6 Å². The average molecular weight is 341 g/mol. The minimum atomic E-state index is -0.982. The molecule has 1 aliphatic heterocycles. The summed E-state index contributed by atoms with van der Waals surface area (Å²) >= 11 is 0. The van der Waals surface area contributed by atoms with Gasteiger partial charge < -0.3 is 19.9 Å². The second-order valence-corrected chi connectivity index (χ2v) is 6.64. The maximum absolute atomic E-state index is 12.1. The number of aromatic amines is 1. The number of hydrogen-bond donors (Lipinski definition) is 2. The molecule has 0 fully saturated rings. The lowest BCUT2D eigenvalue weighted by Crippen LogP contribution is -2.40. The Morgan fingerprint density at radius 3 is 2.72 bits per heavy atom. The Balaban J connectivity index is 1.87. The van der Waals surface area contributed by atoms with Crippen LogP contribution in [0, 0.1) is 0 Å². The van der Waals surface area contributed by atoms with E-state index in [1.54, 1.807) is 19.0 Å². The van der Waals surface area contributed by atoms with Crippen molar-refractivity contribution in [3.05, 3.63) is 41.6 Å². The molecule has 6 heteroatoms. The number of aliphatic hydroxyl groups excluding tert-OH is 1. The van der Waals surface area contributed by atoms with E-state index in [1.165, 1.54) is 11.8 Å². The molecule has 25 heavy (non-hydrogen) atoms. The van der Waals surface area contributed by atoms with Gasteiger partial charge in [-0.15, -0.1) is 0 Å². The number of nitrogens with one attached hydrogen (secondary N) is 1. The van der Waals surface area contributed by atoms with Crippen molar-refractivity contribution < 1.29 is 14.7 Å². The number of carbonyl (C=O) groups is 2. The van der Waals surface area contributed by atoms with Crippen LogP contribution in [0.4, 0.5) is 0 Å². The molecule has 1 aliphatic rings. The summed E-state index contributed by atoms with van der Waals surface area (Å²) in [6.07, 6.45) is 1.91. The van der Waals surface area contributed by atoms with Crippen LogP contribution in [0.15, 0.2) is 30.3 Å². The van der Waals surface area contributed by atoms with Gasteiger partial charge in [0.2, 0.25) is 0 Å². The molecule has 0 radical (unpaired) electrons. The quantitative estimate of drug-likeness (QED) is 0.895. The highest BCUT2D eigenvalue weighted by atomic mass is 16.3. The Morgan fingerprint density at radius 2 is 2.04 bits per heavy atom. The minimum absolute atomic E-state index is 0.0664. The lowest BCUT2D eigenvalue weighted by Gasteiger charge is -2.28. The van der Waals surface area contributed by atoms with Crippen LogP contribution >= 0.6 is 0 Å². The summed E-state index contributed by atoms with van der Waals surface area (Å²) in [5.74, 6) is -0.311. The number of rotatable bonds is 3. The molecular weight excluding hydrogens is 318 g/mol. The first-order chi connectivity index (χ1) is 11.9. The molecule has 0 spiro atoms. The highest BCUT2D eigenvalue weighted by Crippen LogP contribution is 2.25. The lowest BCUT2D eigenvalue weighted by atomic mass is 10.00. The van der Waals surface area contributed by atoms with Gasteiger partial charge >= 0.3 is 0 Å². The fourth-order valence-electron chi connectivity index (χ4n) is 3.09. The third-order valence-electron chi connectivity index (χ3n) is 4.45. The zero-order chi connectivity index (χ0) is 18.1. The second-order valence-electron chi connectivity index (χ2n) is 6.64. The zero-order valence-corrected chi connectivity index (χ0v) is 14.7. The highest BCUT2D eigenvalue weighted by Gasteiger charge is 2.22. The molecule has 132 valence electrons. The van der Waals surface area contributed by atoms with Crippen molar-refractivity contribution in [2.45, 2.75) is 19.4 Å². The first kappa shape index (κ1) is 17.2. The van der Waals surface area contributed by atoms with Crippen molar-refractivity contribution >= 4 is 28.3 Å². The number of fused-ring (bicyclic) bond motifs is 1. The third-order valence-corrected chi connectivity index (χ3v) is 4.45. The minimum Gasteiger partial charge on any atom is -0.384 e. The van der Waals surface area contributed by atoms with E-state index in [1.807, 2.05) is 24.3 Å². The van der Waals surface area contributed by atoms with Crippen molar-refractivity contribution in [1.82, 2.24) is 14.8 Å². The van der Waals surface area contributed by atoms with Gasteiger partial charge in [0.15, 0.2) is 0 Å². The van der Waals surface area contributed by atoms with Gasteiger partial charge in [0.25, 0.3) is 11.8 Å². The fourth-order valence-corrected chi connectivity index (χ4v) is 3.09. The van der Waals surface area contributed by atoms with E-state index in [9.17, 15) is 14.7 Å². The molecule has 2 heterocycles. The van der Waals surface area contributed by atoms with Crippen LogP contribution in [0.3, 0.4) is 0 Å². The van der Waals surface area contributed by atoms with Gasteiger partial charge in [0.05, 0.1) is 0 Å².